The van der Waals surface area contributed by atoms with Crippen LogP contribution in [0.5, 0.6) is 0 Å². The van der Waals surface area contributed by atoms with Crippen molar-refractivity contribution >= 4 is 18.1 Å². The first-order valence-corrected chi connectivity index (χ1v) is 13.1. The van der Waals surface area contributed by atoms with Gasteiger partial charge in [0.1, 0.15) is 5.82 Å². The molecule has 3 aliphatic rings. The number of carbonyl (C=O) groups is 1. The highest BCUT2D eigenvalue weighted by atomic mass is 19.2. The quantitative estimate of drug-likeness (QED) is 0.446. The summed E-state index contributed by atoms with van der Waals surface area (Å²) in [5.41, 5.74) is 2.40. The third-order valence-corrected chi connectivity index (χ3v) is 8.06. The highest BCUT2D eigenvalue weighted by molar-refractivity contribution is 5.91. The number of benzene rings is 1. The minimum Gasteiger partial charge on any atom is -0.395 e. The van der Waals surface area contributed by atoms with Gasteiger partial charge in [-0.1, -0.05) is 6.08 Å². The van der Waals surface area contributed by atoms with E-state index in [1.165, 1.54) is 17.8 Å². The number of imidazole rings is 1. The van der Waals surface area contributed by atoms with Crippen LogP contribution in [-0.2, 0) is 11.2 Å². The van der Waals surface area contributed by atoms with Crippen LogP contribution in [0, 0.1) is 23.4 Å². The molecular weight excluding hydrogens is 481 g/mol. The molecule has 6 nitrogen and oxygen atoms in total. The van der Waals surface area contributed by atoms with Gasteiger partial charge in [0, 0.05) is 36.8 Å². The zero-order chi connectivity index (χ0) is 25.9. The number of aryl methyl sites for hydroxylation is 1. The Balaban J connectivity index is 1.12. The predicted octanol–water partition coefficient (Wildman–Crippen LogP) is 4.28. The summed E-state index contributed by atoms with van der Waals surface area (Å²) in [5, 5.41) is 10.2. The number of aromatic amines is 1. The van der Waals surface area contributed by atoms with Crippen molar-refractivity contribution in [2.75, 3.05) is 32.8 Å². The number of rotatable bonds is 6. The van der Waals surface area contributed by atoms with Gasteiger partial charge in [-0.15, -0.1) is 0 Å². The number of carbonyl (C=O) groups excluding carboxylic acids is 1. The van der Waals surface area contributed by atoms with Gasteiger partial charge < -0.3 is 15.0 Å². The van der Waals surface area contributed by atoms with Crippen molar-refractivity contribution in [3.8, 4) is 0 Å². The molecule has 0 radical (unpaired) electrons. The number of fused-ring (bicyclic) bond motifs is 1. The molecule has 2 N–H and O–H groups in total. The molecule has 0 bridgehead atoms. The molecule has 2 aliphatic heterocycles. The van der Waals surface area contributed by atoms with Crippen LogP contribution in [0.1, 0.15) is 60.8 Å². The molecule has 1 aromatic heterocycles. The average molecular weight is 515 g/mol. The summed E-state index contributed by atoms with van der Waals surface area (Å²) >= 11 is 0. The van der Waals surface area contributed by atoms with E-state index in [1.54, 1.807) is 4.90 Å². The zero-order valence-corrected chi connectivity index (χ0v) is 20.8. The van der Waals surface area contributed by atoms with E-state index in [9.17, 15) is 23.1 Å². The predicted molar refractivity (Wildman–Crippen MR) is 135 cm³/mol. The maximum Gasteiger partial charge on any atom is 0.246 e. The van der Waals surface area contributed by atoms with Gasteiger partial charge in [-0.25, -0.2) is 18.2 Å². The molecule has 0 saturated carbocycles. The standard InChI is InChI=1S/C28H33F3N4O2/c29-21-15-18(16-22(30)27(21)31)5-6-26(37)35-13-7-19(8-14-35)25(17-36)34-11-9-20(10-12-34)28-32-23-3-1-2-4-24(23)33-28/h1,3,5-6,15-16,19-20,25,36H,2,4,7-14,17H2,(H,32,33)/b6-5+. The second kappa shape index (κ2) is 11.2. The topological polar surface area (TPSA) is 72.5 Å². The molecule has 5 rings (SSSR count). The molecule has 2 fully saturated rings. The molecule has 1 aromatic carbocycles. The Kier molecular flexibility index (Phi) is 7.81. The van der Waals surface area contributed by atoms with Crippen LogP contribution < -0.4 is 0 Å². The number of hydrogen-bond donors (Lipinski definition) is 2. The first kappa shape index (κ1) is 25.7. The van der Waals surface area contributed by atoms with Gasteiger partial charge in [-0.05, 0) is 87.4 Å². The number of likely N-dealkylation sites (tertiary alicyclic amines) is 2. The van der Waals surface area contributed by atoms with Crippen molar-refractivity contribution in [3.63, 3.8) is 0 Å². The van der Waals surface area contributed by atoms with Gasteiger partial charge in [0.15, 0.2) is 17.5 Å². The minimum atomic E-state index is -1.52. The second-order valence-corrected chi connectivity index (χ2v) is 10.3. The molecule has 1 amide bonds. The fourth-order valence-electron chi connectivity index (χ4n) is 5.90. The summed E-state index contributed by atoms with van der Waals surface area (Å²) < 4.78 is 39.9. The number of nitrogens with zero attached hydrogens (tertiary/aromatic N) is 3. The monoisotopic (exact) mass is 514 g/mol. The molecule has 1 aliphatic carbocycles. The molecule has 2 aromatic rings. The Morgan fingerprint density at radius 1 is 1.11 bits per heavy atom. The molecule has 198 valence electrons. The van der Waals surface area contributed by atoms with E-state index in [0.29, 0.717) is 19.0 Å². The molecule has 3 heterocycles. The van der Waals surface area contributed by atoms with E-state index in [4.69, 9.17) is 4.98 Å². The lowest BCUT2D eigenvalue weighted by atomic mass is 9.86. The summed E-state index contributed by atoms with van der Waals surface area (Å²) in [4.78, 5) is 25.1. The molecular formula is C28H33F3N4O2. The Morgan fingerprint density at radius 3 is 2.46 bits per heavy atom. The Labute approximate surface area is 214 Å². The smallest absolute Gasteiger partial charge is 0.246 e. The van der Waals surface area contributed by atoms with Crippen LogP contribution in [0.3, 0.4) is 0 Å². The number of hydrogen-bond acceptors (Lipinski definition) is 4. The van der Waals surface area contributed by atoms with Crippen molar-refractivity contribution < 1.29 is 23.1 Å². The van der Waals surface area contributed by atoms with Crippen LogP contribution in [0.15, 0.2) is 24.3 Å². The number of piperidine rings is 2. The van der Waals surface area contributed by atoms with Crippen molar-refractivity contribution in [1.29, 1.82) is 0 Å². The molecule has 0 spiro atoms. The molecule has 1 atom stereocenters. The lowest BCUT2D eigenvalue weighted by Gasteiger charge is -2.43. The highest BCUT2D eigenvalue weighted by Gasteiger charge is 2.34. The zero-order valence-electron chi connectivity index (χ0n) is 20.8. The summed E-state index contributed by atoms with van der Waals surface area (Å²) in [6.07, 6.45) is 12.5. The fraction of sp³-hybridized carbons (Fsp3) is 0.500. The Bertz CT molecular complexity index is 1160. The number of aliphatic hydroxyl groups excluding tert-OH is 1. The van der Waals surface area contributed by atoms with Crippen LogP contribution in [0.4, 0.5) is 13.2 Å². The first-order chi connectivity index (χ1) is 17.9. The average Bonchev–Trinajstić information content (AvgIpc) is 3.36. The number of aliphatic hydroxyl groups is 1. The van der Waals surface area contributed by atoms with Gasteiger partial charge >= 0.3 is 0 Å². The van der Waals surface area contributed by atoms with Crippen LogP contribution >= 0.6 is 0 Å². The lowest BCUT2D eigenvalue weighted by Crippen LogP contribution is -2.50. The maximum atomic E-state index is 13.4. The second-order valence-electron chi connectivity index (χ2n) is 10.3. The lowest BCUT2D eigenvalue weighted by molar-refractivity contribution is -0.127. The van der Waals surface area contributed by atoms with Crippen molar-refractivity contribution in [2.45, 2.75) is 50.5 Å². The number of halogens is 3. The van der Waals surface area contributed by atoms with Crippen molar-refractivity contribution in [1.82, 2.24) is 19.8 Å². The largest absolute Gasteiger partial charge is 0.395 e. The summed E-state index contributed by atoms with van der Waals surface area (Å²) in [5.74, 6) is -2.56. The Hall–Kier alpha value is -2.91. The molecule has 9 heteroatoms. The normalized spacial score (nSPS) is 20.5. The van der Waals surface area contributed by atoms with Gasteiger partial charge in [0.2, 0.25) is 5.91 Å². The summed E-state index contributed by atoms with van der Waals surface area (Å²) in [7, 11) is 0. The van der Waals surface area contributed by atoms with E-state index in [1.807, 2.05) is 0 Å². The number of allylic oxidation sites excluding steroid dienone is 1. The van der Waals surface area contributed by atoms with E-state index >= 15 is 0 Å². The van der Waals surface area contributed by atoms with E-state index < -0.39 is 17.5 Å². The SMILES string of the molecule is O=C(/C=C/c1cc(F)c(F)c(F)c1)N1CCC(C(CO)N2CCC(c3nc4c([nH]3)CCC=C4)CC2)CC1. The molecule has 1 unspecified atom stereocenters. The van der Waals surface area contributed by atoms with Gasteiger partial charge in [0.05, 0.1) is 12.3 Å². The number of nitrogens with one attached hydrogen (secondary N) is 1. The van der Waals surface area contributed by atoms with Gasteiger partial charge in [-0.3, -0.25) is 9.69 Å². The number of H-pyrrole nitrogens is 1. The van der Waals surface area contributed by atoms with Crippen LogP contribution in [0.25, 0.3) is 12.2 Å². The summed E-state index contributed by atoms with van der Waals surface area (Å²) in [6.45, 7) is 3.01. The highest BCUT2D eigenvalue weighted by Crippen LogP contribution is 2.32. The van der Waals surface area contributed by atoms with E-state index in [0.717, 1.165) is 75.3 Å². The first-order valence-electron chi connectivity index (χ1n) is 13.1. The van der Waals surface area contributed by atoms with Gasteiger partial charge in [0.25, 0.3) is 0 Å². The summed E-state index contributed by atoms with van der Waals surface area (Å²) in [6, 6.07) is 1.79. The third kappa shape index (κ3) is 5.67. The van der Waals surface area contributed by atoms with E-state index in [-0.39, 0.29) is 30.0 Å². The maximum absolute atomic E-state index is 13.4. The molecule has 2 saturated heterocycles. The fourth-order valence-corrected chi connectivity index (χ4v) is 5.90. The Morgan fingerprint density at radius 2 is 1.81 bits per heavy atom. The minimum absolute atomic E-state index is 0.0617. The van der Waals surface area contributed by atoms with Crippen LogP contribution in [0.2, 0.25) is 0 Å². The van der Waals surface area contributed by atoms with Crippen molar-refractivity contribution in [2.24, 2.45) is 5.92 Å². The van der Waals surface area contributed by atoms with Gasteiger partial charge in [-0.2, -0.15) is 0 Å². The number of amides is 1. The van der Waals surface area contributed by atoms with Crippen LogP contribution in [-0.4, -0.2) is 69.6 Å². The molecule has 37 heavy (non-hydrogen) atoms. The number of aromatic nitrogens is 2. The third-order valence-electron chi connectivity index (χ3n) is 8.06. The van der Waals surface area contributed by atoms with Crippen molar-refractivity contribution in [3.05, 3.63) is 64.5 Å². The van der Waals surface area contributed by atoms with E-state index in [2.05, 4.69) is 22.0 Å².